The van der Waals surface area contributed by atoms with E-state index in [1.807, 2.05) is 11.6 Å². The highest BCUT2D eigenvalue weighted by molar-refractivity contribution is 7.90. The second-order valence-corrected chi connectivity index (χ2v) is 7.82. The molecule has 0 spiro atoms. The largest absolute Gasteiger partial charge is 0.337 e. The fourth-order valence-corrected chi connectivity index (χ4v) is 3.17. The summed E-state index contributed by atoms with van der Waals surface area (Å²) in [6.45, 7) is 2.36. The lowest BCUT2D eigenvalue weighted by Gasteiger charge is -2.09. The van der Waals surface area contributed by atoms with E-state index < -0.39 is 16.1 Å². The van der Waals surface area contributed by atoms with Gasteiger partial charge in [0.05, 0.1) is 4.90 Å². The maximum absolute atomic E-state index is 12.2. The van der Waals surface area contributed by atoms with Crippen LogP contribution in [0.2, 0.25) is 5.02 Å². The maximum atomic E-state index is 12.2. The number of halogens is 1. The van der Waals surface area contributed by atoms with Crippen molar-refractivity contribution in [3.05, 3.63) is 59.1 Å². The van der Waals surface area contributed by atoms with Gasteiger partial charge in [-0.3, -0.25) is 4.79 Å². The van der Waals surface area contributed by atoms with Crippen LogP contribution in [0.25, 0.3) is 0 Å². The number of carbonyl (C=O) groups excluding carboxylic acids is 2. The van der Waals surface area contributed by atoms with E-state index in [0.717, 1.165) is 12.8 Å². The third-order valence-electron chi connectivity index (χ3n) is 3.57. The molecule has 0 atom stereocenters. The lowest BCUT2D eigenvalue weighted by atomic mass is 10.2. The predicted octanol–water partition coefficient (Wildman–Crippen LogP) is 3.38. The molecule has 0 aliphatic rings. The van der Waals surface area contributed by atoms with Gasteiger partial charge in [-0.1, -0.05) is 24.9 Å². The smallest absolute Gasteiger partial charge is 0.328 e. The Bertz CT molecular complexity index is 897. The van der Waals surface area contributed by atoms with Crippen molar-refractivity contribution in [3.63, 3.8) is 0 Å². The Morgan fingerprint density at radius 2 is 1.63 bits per heavy atom. The second kappa shape index (κ2) is 9.38. The number of nitrogens with one attached hydrogen (secondary N) is 3. The summed E-state index contributed by atoms with van der Waals surface area (Å²) in [5, 5.41) is 5.65. The molecular weight excluding hydrogens is 390 g/mol. The summed E-state index contributed by atoms with van der Waals surface area (Å²) >= 11 is 5.79. The zero-order chi connectivity index (χ0) is 19.9. The summed E-state index contributed by atoms with van der Waals surface area (Å²) in [4.78, 5) is 23.7. The van der Waals surface area contributed by atoms with Gasteiger partial charge in [0.1, 0.15) is 0 Å². The fraction of sp³-hybridized carbons (Fsp3) is 0.222. The SMILES string of the molecule is CCCCNC(=O)NS(=O)(=O)c1ccc(NC(=O)c2ccc(Cl)cc2)cc1. The highest BCUT2D eigenvalue weighted by Gasteiger charge is 2.17. The molecule has 27 heavy (non-hydrogen) atoms. The first kappa shape index (κ1) is 20.7. The van der Waals surface area contributed by atoms with Crippen LogP contribution in [0, 0.1) is 0 Å². The standard InChI is InChI=1S/C18H20ClN3O4S/c1-2-3-12-20-18(24)22-27(25,26)16-10-8-15(9-11-16)21-17(23)13-4-6-14(19)7-5-13/h4-11H,2-3,12H2,1H3,(H,21,23)(H2,20,22,24). The second-order valence-electron chi connectivity index (χ2n) is 5.70. The molecule has 0 bridgehead atoms. The number of anilines is 1. The van der Waals surface area contributed by atoms with Gasteiger partial charge in [-0.05, 0) is 55.0 Å². The van der Waals surface area contributed by atoms with Crippen LogP contribution in [0.5, 0.6) is 0 Å². The summed E-state index contributed by atoms with van der Waals surface area (Å²) in [7, 11) is -3.99. The third kappa shape index (κ3) is 6.26. The Morgan fingerprint density at radius 3 is 2.22 bits per heavy atom. The summed E-state index contributed by atoms with van der Waals surface area (Å²) in [5.74, 6) is -0.351. The average Bonchev–Trinajstić information content (AvgIpc) is 2.62. The van der Waals surface area contributed by atoms with Crippen LogP contribution in [0.4, 0.5) is 10.5 Å². The molecule has 7 nitrogen and oxygen atoms in total. The molecule has 2 aromatic rings. The Morgan fingerprint density at radius 1 is 1.00 bits per heavy atom. The van der Waals surface area contributed by atoms with Crippen molar-refractivity contribution < 1.29 is 18.0 Å². The van der Waals surface area contributed by atoms with E-state index in [4.69, 9.17) is 11.6 Å². The molecule has 0 aliphatic carbocycles. The summed E-state index contributed by atoms with van der Waals surface area (Å²) < 4.78 is 26.3. The van der Waals surface area contributed by atoms with Crippen molar-refractivity contribution in [1.29, 1.82) is 0 Å². The molecule has 9 heteroatoms. The number of hydrogen-bond acceptors (Lipinski definition) is 4. The Hall–Kier alpha value is -2.58. The first-order valence-electron chi connectivity index (χ1n) is 8.29. The monoisotopic (exact) mass is 409 g/mol. The minimum atomic E-state index is -3.99. The highest BCUT2D eigenvalue weighted by Crippen LogP contribution is 2.16. The van der Waals surface area contributed by atoms with Gasteiger partial charge in [0.2, 0.25) is 0 Å². The van der Waals surface area contributed by atoms with E-state index in [9.17, 15) is 18.0 Å². The van der Waals surface area contributed by atoms with Crippen LogP contribution in [0.3, 0.4) is 0 Å². The number of sulfonamides is 1. The van der Waals surface area contributed by atoms with E-state index in [-0.39, 0.29) is 10.8 Å². The zero-order valence-corrected chi connectivity index (χ0v) is 16.2. The van der Waals surface area contributed by atoms with Crippen molar-refractivity contribution >= 4 is 39.2 Å². The molecule has 2 rings (SSSR count). The van der Waals surface area contributed by atoms with Gasteiger partial charge in [0, 0.05) is 22.8 Å². The molecule has 0 radical (unpaired) electrons. The van der Waals surface area contributed by atoms with Gasteiger partial charge < -0.3 is 10.6 Å². The van der Waals surface area contributed by atoms with Crippen LogP contribution < -0.4 is 15.4 Å². The quantitative estimate of drug-likeness (QED) is 0.609. The molecule has 0 saturated carbocycles. The molecule has 0 aliphatic heterocycles. The molecule has 0 unspecified atom stereocenters. The van der Waals surface area contributed by atoms with Crippen LogP contribution >= 0.6 is 11.6 Å². The number of hydrogen-bond donors (Lipinski definition) is 3. The van der Waals surface area contributed by atoms with Crippen LogP contribution in [0.1, 0.15) is 30.1 Å². The predicted molar refractivity (Wildman–Crippen MR) is 104 cm³/mol. The Kier molecular flexibility index (Phi) is 7.20. The number of carbonyl (C=O) groups is 2. The van der Waals surface area contributed by atoms with Gasteiger partial charge in [-0.25, -0.2) is 17.9 Å². The van der Waals surface area contributed by atoms with Crippen molar-refractivity contribution in [2.45, 2.75) is 24.7 Å². The molecule has 0 heterocycles. The maximum Gasteiger partial charge on any atom is 0.328 e. The molecular formula is C18H20ClN3O4S. The van der Waals surface area contributed by atoms with Crippen molar-refractivity contribution in [1.82, 2.24) is 10.0 Å². The summed E-state index contributed by atoms with van der Waals surface area (Å²) in [5.41, 5.74) is 0.836. The van der Waals surface area contributed by atoms with E-state index >= 15 is 0 Å². The van der Waals surface area contributed by atoms with Crippen LogP contribution in [0.15, 0.2) is 53.4 Å². The van der Waals surface area contributed by atoms with Crippen molar-refractivity contribution in [2.75, 3.05) is 11.9 Å². The van der Waals surface area contributed by atoms with Gasteiger partial charge in [0.25, 0.3) is 15.9 Å². The Labute approximate surface area is 163 Å². The fourth-order valence-electron chi connectivity index (χ4n) is 2.12. The van der Waals surface area contributed by atoms with E-state index in [0.29, 0.717) is 22.8 Å². The first-order chi connectivity index (χ1) is 12.8. The summed E-state index contributed by atoms with van der Waals surface area (Å²) in [6, 6.07) is 11.1. The number of benzene rings is 2. The summed E-state index contributed by atoms with van der Waals surface area (Å²) in [6.07, 6.45) is 1.64. The number of urea groups is 1. The first-order valence-corrected chi connectivity index (χ1v) is 10.2. The van der Waals surface area contributed by atoms with Crippen molar-refractivity contribution in [2.24, 2.45) is 0 Å². The number of rotatable bonds is 7. The topological polar surface area (TPSA) is 104 Å². The molecule has 0 saturated heterocycles. The van der Waals surface area contributed by atoms with Gasteiger partial charge >= 0.3 is 6.03 Å². The molecule has 3 N–H and O–H groups in total. The minimum Gasteiger partial charge on any atom is -0.337 e. The molecule has 144 valence electrons. The number of amides is 3. The molecule has 3 amide bonds. The van der Waals surface area contributed by atoms with Gasteiger partial charge in [-0.15, -0.1) is 0 Å². The molecule has 0 fully saturated rings. The lowest BCUT2D eigenvalue weighted by molar-refractivity contribution is 0.102. The lowest BCUT2D eigenvalue weighted by Crippen LogP contribution is -2.39. The van der Waals surface area contributed by atoms with E-state index in [1.165, 1.54) is 24.3 Å². The van der Waals surface area contributed by atoms with Gasteiger partial charge in [0.15, 0.2) is 0 Å². The van der Waals surface area contributed by atoms with Crippen LogP contribution in [-0.4, -0.2) is 26.9 Å². The zero-order valence-electron chi connectivity index (χ0n) is 14.7. The van der Waals surface area contributed by atoms with Crippen molar-refractivity contribution in [3.8, 4) is 0 Å². The van der Waals surface area contributed by atoms with Crippen LogP contribution in [-0.2, 0) is 10.0 Å². The number of unbranched alkanes of at least 4 members (excludes halogenated alkanes) is 1. The Balaban J connectivity index is 2.00. The van der Waals surface area contributed by atoms with E-state index in [1.54, 1.807) is 24.3 Å². The average molecular weight is 410 g/mol. The van der Waals surface area contributed by atoms with E-state index in [2.05, 4.69) is 10.6 Å². The van der Waals surface area contributed by atoms with Gasteiger partial charge in [-0.2, -0.15) is 0 Å². The molecule has 0 aromatic heterocycles. The molecule has 2 aromatic carbocycles. The minimum absolute atomic E-state index is 0.0855. The third-order valence-corrected chi connectivity index (χ3v) is 5.17. The normalized spacial score (nSPS) is 10.9. The highest BCUT2D eigenvalue weighted by atomic mass is 35.5.